The van der Waals surface area contributed by atoms with E-state index in [0.717, 1.165) is 30.0 Å². The van der Waals surface area contributed by atoms with Gasteiger partial charge in [-0.1, -0.05) is 19.1 Å². The van der Waals surface area contributed by atoms with Gasteiger partial charge < -0.3 is 15.4 Å². The van der Waals surface area contributed by atoms with E-state index in [2.05, 4.69) is 22.7 Å². The van der Waals surface area contributed by atoms with Gasteiger partial charge in [-0.25, -0.2) is 0 Å². The third-order valence-corrected chi connectivity index (χ3v) is 4.31. The van der Waals surface area contributed by atoms with Gasteiger partial charge in [-0.15, -0.1) is 0 Å². The number of benzene rings is 1. The zero-order valence-corrected chi connectivity index (χ0v) is 14.2. The molecule has 0 saturated carbocycles. The number of amides is 1. The second-order valence-corrected chi connectivity index (χ2v) is 6.15. The Morgan fingerprint density at radius 3 is 3.00 bits per heavy atom. The Morgan fingerprint density at radius 1 is 1.42 bits per heavy atom. The van der Waals surface area contributed by atoms with Crippen molar-refractivity contribution in [3.63, 3.8) is 0 Å². The van der Waals surface area contributed by atoms with Crippen molar-refractivity contribution in [3.8, 4) is 5.75 Å². The summed E-state index contributed by atoms with van der Waals surface area (Å²) in [6.07, 6.45) is 4.75. The number of aryl methyl sites for hydroxylation is 1. The van der Waals surface area contributed by atoms with Gasteiger partial charge in [-0.3, -0.25) is 9.48 Å². The molecule has 0 aliphatic carbocycles. The second kappa shape index (κ2) is 7.49. The van der Waals surface area contributed by atoms with Crippen LogP contribution in [0.2, 0.25) is 0 Å². The van der Waals surface area contributed by atoms with Gasteiger partial charge in [0.05, 0.1) is 24.4 Å². The molecule has 3 rings (SSSR count). The first-order chi connectivity index (χ1) is 11.7. The maximum Gasteiger partial charge on any atom is 0.229 e. The molecule has 1 aliphatic heterocycles. The lowest BCUT2D eigenvalue weighted by Crippen LogP contribution is -2.28. The minimum Gasteiger partial charge on any atom is -0.491 e. The number of aromatic nitrogens is 2. The fraction of sp³-hybridized carbons (Fsp3) is 0.444. The second-order valence-electron chi connectivity index (χ2n) is 6.15. The summed E-state index contributed by atoms with van der Waals surface area (Å²) < 4.78 is 7.50. The van der Waals surface area contributed by atoms with Crippen LogP contribution in [0.4, 0.5) is 5.69 Å². The van der Waals surface area contributed by atoms with Crippen LogP contribution in [0, 0.1) is 5.92 Å². The summed E-state index contributed by atoms with van der Waals surface area (Å²) in [5.41, 5.74) is 1.82. The summed E-state index contributed by atoms with van der Waals surface area (Å²) in [6, 6.07) is 7.58. The predicted octanol–water partition coefficient (Wildman–Crippen LogP) is 2.15. The molecule has 1 aromatic heterocycles. The van der Waals surface area contributed by atoms with Crippen LogP contribution in [0.25, 0.3) is 0 Å². The molecule has 0 radical (unpaired) electrons. The number of hydrogen-bond acceptors (Lipinski definition) is 4. The number of para-hydroxylation sites is 2. The third kappa shape index (κ3) is 3.59. The van der Waals surface area contributed by atoms with Gasteiger partial charge in [0.25, 0.3) is 0 Å². The highest BCUT2D eigenvalue weighted by Crippen LogP contribution is 2.30. The Balaban J connectivity index is 1.72. The highest BCUT2D eigenvalue weighted by atomic mass is 16.5. The molecule has 2 heterocycles. The molecule has 1 aliphatic rings. The summed E-state index contributed by atoms with van der Waals surface area (Å²) in [5, 5.41) is 10.6. The molecule has 24 heavy (non-hydrogen) atoms. The lowest BCUT2D eigenvalue weighted by molar-refractivity contribution is -0.119. The Hall–Kier alpha value is -2.34. The van der Waals surface area contributed by atoms with Crippen LogP contribution in [-0.2, 0) is 11.8 Å². The molecule has 0 bridgehead atoms. The van der Waals surface area contributed by atoms with Crippen molar-refractivity contribution in [2.75, 3.05) is 25.0 Å². The highest BCUT2D eigenvalue weighted by Gasteiger charge is 2.35. The lowest BCUT2D eigenvalue weighted by Gasteiger charge is -2.18. The maximum atomic E-state index is 12.8. The summed E-state index contributed by atoms with van der Waals surface area (Å²) in [5.74, 6) is 0.758. The van der Waals surface area contributed by atoms with Crippen LogP contribution < -0.4 is 15.4 Å². The van der Waals surface area contributed by atoms with Crippen LogP contribution in [0.15, 0.2) is 36.7 Å². The van der Waals surface area contributed by atoms with Crippen molar-refractivity contribution < 1.29 is 9.53 Å². The zero-order valence-electron chi connectivity index (χ0n) is 14.2. The lowest BCUT2D eigenvalue weighted by atomic mass is 9.90. The van der Waals surface area contributed by atoms with Gasteiger partial charge in [0, 0.05) is 32.3 Å². The first-order valence-electron chi connectivity index (χ1n) is 8.41. The highest BCUT2D eigenvalue weighted by molar-refractivity contribution is 5.95. The van der Waals surface area contributed by atoms with Crippen LogP contribution in [0.1, 0.15) is 24.8 Å². The van der Waals surface area contributed by atoms with Gasteiger partial charge in [0.15, 0.2) is 0 Å². The van der Waals surface area contributed by atoms with Crippen molar-refractivity contribution in [2.45, 2.75) is 19.3 Å². The van der Waals surface area contributed by atoms with E-state index in [4.69, 9.17) is 4.74 Å². The van der Waals surface area contributed by atoms with E-state index >= 15 is 0 Å². The monoisotopic (exact) mass is 328 g/mol. The topological polar surface area (TPSA) is 68.2 Å². The summed E-state index contributed by atoms with van der Waals surface area (Å²) in [6.45, 7) is 4.15. The molecule has 1 saturated heterocycles. The molecule has 1 fully saturated rings. The Bertz CT molecular complexity index is 698. The van der Waals surface area contributed by atoms with Crippen molar-refractivity contribution >= 4 is 11.6 Å². The molecule has 128 valence electrons. The molecule has 0 unspecified atom stereocenters. The Labute approximate surface area is 142 Å². The summed E-state index contributed by atoms with van der Waals surface area (Å²) in [4.78, 5) is 12.8. The van der Waals surface area contributed by atoms with E-state index in [0.29, 0.717) is 13.2 Å². The number of hydrogen-bond donors (Lipinski definition) is 2. The molecule has 6 heteroatoms. The minimum absolute atomic E-state index is 0.0152. The van der Waals surface area contributed by atoms with Gasteiger partial charge >= 0.3 is 0 Å². The van der Waals surface area contributed by atoms with E-state index in [1.165, 1.54) is 0 Å². The smallest absolute Gasteiger partial charge is 0.229 e. The quantitative estimate of drug-likeness (QED) is 0.852. The first-order valence-corrected chi connectivity index (χ1v) is 8.41. The molecular weight excluding hydrogens is 304 g/mol. The van der Waals surface area contributed by atoms with Crippen LogP contribution >= 0.6 is 0 Å². The van der Waals surface area contributed by atoms with E-state index in [9.17, 15) is 4.79 Å². The van der Waals surface area contributed by atoms with E-state index in [1.807, 2.05) is 43.7 Å². The predicted molar refractivity (Wildman–Crippen MR) is 93.2 cm³/mol. The number of anilines is 1. The third-order valence-electron chi connectivity index (χ3n) is 4.31. The summed E-state index contributed by atoms with van der Waals surface area (Å²) >= 11 is 0. The molecule has 2 aromatic rings. The van der Waals surface area contributed by atoms with E-state index in [-0.39, 0.29) is 17.7 Å². The molecule has 6 nitrogen and oxygen atoms in total. The van der Waals surface area contributed by atoms with Gasteiger partial charge in [-0.2, -0.15) is 5.10 Å². The van der Waals surface area contributed by atoms with E-state index in [1.54, 1.807) is 4.68 Å². The standard InChI is InChI=1S/C18H24N4O2/c1-3-8-24-17-7-5-4-6-16(17)21-18(23)15-11-19-10-14(15)13-9-20-22(2)12-13/h4-7,9,12,14-15,19H,3,8,10-11H2,1-2H3,(H,21,23)/t14-,15+/m1/s1. The van der Waals surface area contributed by atoms with Crippen LogP contribution in [0.5, 0.6) is 5.75 Å². The zero-order chi connectivity index (χ0) is 16.9. The largest absolute Gasteiger partial charge is 0.491 e. The van der Waals surface area contributed by atoms with Crippen molar-refractivity contribution in [1.29, 1.82) is 0 Å². The number of nitrogens with zero attached hydrogens (tertiary/aromatic N) is 2. The number of carbonyl (C=O) groups excluding carboxylic acids is 1. The maximum absolute atomic E-state index is 12.8. The Kier molecular flexibility index (Phi) is 5.15. The van der Waals surface area contributed by atoms with E-state index < -0.39 is 0 Å². The molecule has 0 spiro atoms. The normalized spacial score (nSPS) is 20.1. The van der Waals surface area contributed by atoms with Crippen molar-refractivity contribution in [2.24, 2.45) is 13.0 Å². The average molecular weight is 328 g/mol. The fourth-order valence-electron chi connectivity index (χ4n) is 3.07. The summed E-state index contributed by atoms with van der Waals surface area (Å²) in [7, 11) is 1.89. The average Bonchev–Trinajstić information content (AvgIpc) is 3.22. The van der Waals surface area contributed by atoms with Gasteiger partial charge in [0.2, 0.25) is 5.91 Å². The minimum atomic E-state index is -0.117. The van der Waals surface area contributed by atoms with Crippen molar-refractivity contribution in [3.05, 3.63) is 42.2 Å². The fourth-order valence-corrected chi connectivity index (χ4v) is 3.07. The molecule has 2 atom stereocenters. The SMILES string of the molecule is CCCOc1ccccc1NC(=O)[C@H]1CNC[C@@H]1c1cnn(C)c1. The number of ether oxygens (including phenoxy) is 1. The Morgan fingerprint density at radius 2 is 2.25 bits per heavy atom. The number of carbonyl (C=O) groups is 1. The van der Waals surface area contributed by atoms with Crippen LogP contribution in [-0.4, -0.2) is 35.4 Å². The molecule has 1 aromatic carbocycles. The molecular formula is C18H24N4O2. The first kappa shape index (κ1) is 16.5. The van der Waals surface area contributed by atoms with Gasteiger partial charge in [-0.05, 0) is 24.1 Å². The van der Waals surface area contributed by atoms with Crippen LogP contribution in [0.3, 0.4) is 0 Å². The molecule has 1 amide bonds. The number of rotatable bonds is 6. The van der Waals surface area contributed by atoms with Gasteiger partial charge in [0.1, 0.15) is 5.75 Å². The number of nitrogens with one attached hydrogen (secondary N) is 2. The van der Waals surface area contributed by atoms with Crippen molar-refractivity contribution in [1.82, 2.24) is 15.1 Å². The molecule has 2 N–H and O–H groups in total.